The topological polar surface area (TPSA) is 74.5 Å². The van der Waals surface area contributed by atoms with Gasteiger partial charge in [0.25, 0.3) is 0 Å². The standard InChI is InChI=1S/C23H26N6O.HI/c1-24-23(27-19-14-22(30)28(17-19)20-8-4-2-5-9-20)25-13-12-18-15-26-29(16-18)21-10-6-3-7-11-21;/h2-11,15-16,19H,12-14,17H2,1H3,(H2,24,25,27);1H. The lowest BCUT2D eigenvalue weighted by atomic mass is 10.2. The van der Waals surface area contributed by atoms with Gasteiger partial charge < -0.3 is 15.5 Å². The average Bonchev–Trinajstić information content (AvgIpc) is 3.41. The first-order valence-electron chi connectivity index (χ1n) is 10.1. The number of anilines is 1. The third kappa shape index (κ3) is 5.84. The van der Waals surface area contributed by atoms with Crippen LogP contribution in [0, 0.1) is 0 Å². The number of aromatic nitrogens is 2. The molecule has 1 unspecified atom stereocenters. The number of para-hydroxylation sites is 2. The van der Waals surface area contributed by atoms with Gasteiger partial charge in [-0.25, -0.2) is 4.68 Å². The summed E-state index contributed by atoms with van der Waals surface area (Å²) in [6, 6.07) is 19.9. The van der Waals surface area contributed by atoms with Crippen molar-refractivity contribution in [1.29, 1.82) is 0 Å². The van der Waals surface area contributed by atoms with Gasteiger partial charge in [0.15, 0.2) is 5.96 Å². The summed E-state index contributed by atoms with van der Waals surface area (Å²) in [6.45, 7) is 1.36. The summed E-state index contributed by atoms with van der Waals surface area (Å²) in [5, 5.41) is 11.1. The Morgan fingerprint density at radius 2 is 1.77 bits per heavy atom. The molecule has 2 aromatic carbocycles. The van der Waals surface area contributed by atoms with E-state index >= 15 is 0 Å². The van der Waals surface area contributed by atoms with Crippen LogP contribution in [0.2, 0.25) is 0 Å². The van der Waals surface area contributed by atoms with Crippen LogP contribution in [0.4, 0.5) is 5.69 Å². The molecule has 31 heavy (non-hydrogen) atoms. The molecule has 1 saturated heterocycles. The Bertz CT molecular complexity index is 1010. The smallest absolute Gasteiger partial charge is 0.229 e. The highest BCUT2D eigenvalue weighted by Gasteiger charge is 2.30. The molecule has 0 radical (unpaired) electrons. The van der Waals surface area contributed by atoms with Gasteiger partial charge in [0, 0.05) is 38.4 Å². The van der Waals surface area contributed by atoms with Crippen molar-refractivity contribution in [3.05, 3.63) is 78.6 Å². The van der Waals surface area contributed by atoms with Crippen LogP contribution in [0.25, 0.3) is 5.69 Å². The van der Waals surface area contributed by atoms with Crippen LogP contribution >= 0.6 is 24.0 Å². The average molecular weight is 530 g/mol. The number of hydrogen-bond acceptors (Lipinski definition) is 3. The van der Waals surface area contributed by atoms with Gasteiger partial charge in [0.05, 0.1) is 17.9 Å². The molecule has 0 saturated carbocycles. The van der Waals surface area contributed by atoms with Gasteiger partial charge in [0.2, 0.25) is 5.91 Å². The quantitative estimate of drug-likeness (QED) is 0.292. The van der Waals surface area contributed by atoms with Gasteiger partial charge in [0.1, 0.15) is 0 Å². The number of guanidine groups is 1. The Labute approximate surface area is 199 Å². The van der Waals surface area contributed by atoms with Crippen molar-refractivity contribution in [2.24, 2.45) is 4.99 Å². The largest absolute Gasteiger partial charge is 0.356 e. The fraction of sp³-hybridized carbons (Fsp3) is 0.261. The molecule has 2 N–H and O–H groups in total. The van der Waals surface area contributed by atoms with E-state index in [-0.39, 0.29) is 35.9 Å². The number of halogens is 1. The molecule has 1 amide bonds. The van der Waals surface area contributed by atoms with Crippen molar-refractivity contribution in [2.75, 3.05) is 25.0 Å². The molecular weight excluding hydrogens is 503 g/mol. The van der Waals surface area contributed by atoms with Crippen molar-refractivity contribution in [1.82, 2.24) is 20.4 Å². The second-order valence-corrected chi connectivity index (χ2v) is 7.26. The van der Waals surface area contributed by atoms with E-state index in [0.717, 1.165) is 29.9 Å². The third-order valence-electron chi connectivity index (χ3n) is 5.12. The zero-order chi connectivity index (χ0) is 20.8. The number of hydrogen-bond donors (Lipinski definition) is 2. The highest BCUT2D eigenvalue weighted by atomic mass is 127. The van der Waals surface area contributed by atoms with Crippen molar-refractivity contribution >= 4 is 41.5 Å². The molecule has 3 aromatic rings. The SMILES string of the molecule is CN=C(NCCc1cnn(-c2ccccc2)c1)NC1CC(=O)N(c2ccccc2)C1.I. The van der Waals surface area contributed by atoms with Gasteiger partial charge in [-0.3, -0.25) is 9.79 Å². The van der Waals surface area contributed by atoms with E-state index in [2.05, 4.69) is 20.7 Å². The molecule has 1 atom stereocenters. The summed E-state index contributed by atoms with van der Waals surface area (Å²) < 4.78 is 1.88. The number of aliphatic imine (C=N–C) groups is 1. The molecule has 0 spiro atoms. The minimum Gasteiger partial charge on any atom is -0.356 e. The summed E-state index contributed by atoms with van der Waals surface area (Å²) >= 11 is 0. The molecule has 0 bridgehead atoms. The van der Waals surface area contributed by atoms with E-state index in [1.807, 2.05) is 82.6 Å². The fourth-order valence-electron chi connectivity index (χ4n) is 3.59. The number of nitrogens with zero attached hydrogens (tertiary/aromatic N) is 4. The van der Waals surface area contributed by atoms with Crippen LogP contribution in [0.3, 0.4) is 0 Å². The number of nitrogens with one attached hydrogen (secondary N) is 2. The molecule has 1 aliphatic heterocycles. The van der Waals surface area contributed by atoms with Crippen LogP contribution in [-0.2, 0) is 11.2 Å². The first kappa shape index (κ1) is 22.8. The summed E-state index contributed by atoms with van der Waals surface area (Å²) in [5.41, 5.74) is 3.13. The Balaban J connectivity index is 0.00000272. The highest BCUT2D eigenvalue weighted by Crippen LogP contribution is 2.20. The molecule has 1 aromatic heterocycles. The van der Waals surface area contributed by atoms with E-state index in [4.69, 9.17) is 0 Å². The second-order valence-electron chi connectivity index (χ2n) is 7.26. The lowest BCUT2D eigenvalue weighted by Crippen LogP contribution is -2.45. The van der Waals surface area contributed by atoms with Crippen LogP contribution in [0.1, 0.15) is 12.0 Å². The normalized spacial score (nSPS) is 16.2. The fourth-order valence-corrected chi connectivity index (χ4v) is 3.59. The van der Waals surface area contributed by atoms with Gasteiger partial charge in [-0.2, -0.15) is 5.10 Å². The van der Waals surface area contributed by atoms with E-state index in [1.54, 1.807) is 7.05 Å². The number of rotatable bonds is 6. The molecule has 162 valence electrons. The zero-order valence-electron chi connectivity index (χ0n) is 17.4. The van der Waals surface area contributed by atoms with Crippen LogP contribution in [-0.4, -0.2) is 47.8 Å². The highest BCUT2D eigenvalue weighted by molar-refractivity contribution is 14.0. The Hall–Kier alpha value is -2.88. The minimum atomic E-state index is 0. The van der Waals surface area contributed by atoms with Crippen LogP contribution in [0.5, 0.6) is 0 Å². The van der Waals surface area contributed by atoms with Crippen LogP contribution in [0.15, 0.2) is 78.0 Å². The number of amides is 1. The first-order valence-corrected chi connectivity index (χ1v) is 10.1. The van der Waals surface area contributed by atoms with Crippen molar-refractivity contribution in [2.45, 2.75) is 18.9 Å². The lowest BCUT2D eigenvalue weighted by Gasteiger charge is -2.19. The summed E-state index contributed by atoms with van der Waals surface area (Å²) in [6.07, 6.45) is 5.21. The van der Waals surface area contributed by atoms with E-state index in [0.29, 0.717) is 18.9 Å². The molecule has 4 rings (SSSR count). The first-order chi connectivity index (χ1) is 14.7. The number of benzene rings is 2. The van der Waals surface area contributed by atoms with E-state index < -0.39 is 0 Å². The number of carbonyl (C=O) groups is 1. The molecular formula is C23H27IN6O. The predicted octanol–water partition coefficient (Wildman–Crippen LogP) is 3.00. The Morgan fingerprint density at radius 1 is 1.10 bits per heavy atom. The maximum atomic E-state index is 12.4. The maximum Gasteiger partial charge on any atom is 0.229 e. The maximum absolute atomic E-state index is 12.4. The second kappa shape index (κ2) is 10.9. The van der Waals surface area contributed by atoms with Gasteiger partial charge in [-0.1, -0.05) is 36.4 Å². The van der Waals surface area contributed by atoms with Crippen molar-refractivity contribution in [3.8, 4) is 5.69 Å². The molecule has 1 fully saturated rings. The monoisotopic (exact) mass is 530 g/mol. The molecule has 2 heterocycles. The van der Waals surface area contributed by atoms with E-state index in [1.165, 1.54) is 0 Å². The van der Waals surface area contributed by atoms with Crippen LogP contribution < -0.4 is 15.5 Å². The minimum absolute atomic E-state index is 0. The molecule has 0 aliphatic carbocycles. The molecule has 8 heteroatoms. The predicted molar refractivity (Wildman–Crippen MR) is 134 cm³/mol. The van der Waals surface area contributed by atoms with Gasteiger partial charge in [-0.15, -0.1) is 24.0 Å². The number of carbonyl (C=O) groups excluding carboxylic acids is 1. The van der Waals surface area contributed by atoms with Gasteiger partial charge >= 0.3 is 0 Å². The lowest BCUT2D eigenvalue weighted by molar-refractivity contribution is -0.117. The Kier molecular flexibility index (Phi) is 8.05. The van der Waals surface area contributed by atoms with Crippen molar-refractivity contribution in [3.63, 3.8) is 0 Å². The van der Waals surface area contributed by atoms with Crippen molar-refractivity contribution < 1.29 is 4.79 Å². The molecule has 7 nitrogen and oxygen atoms in total. The van der Waals surface area contributed by atoms with E-state index in [9.17, 15) is 4.79 Å². The summed E-state index contributed by atoms with van der Waals surface area (Å²) in [7, 11) is 1.74. The molecule has 1 aliphatic rings. The summed E-state index contributed by atoms with van der Waals surface area (Å²) in [4.78, 5) is 18.5. The Morgan fingerprint density at radius 3 is 2.45 bits per heavy atom. The summed E-state index contributed by atoms with van der Waals surface area (Å²) in [5.74, 6) is 0.834. The third-order valence-corrected chi connectivity index (χ3v) is 5.12. The zero-order valence-corrected chi connectivity index (χ0v) is 19.8. The van der Waals surface area contributed by atoms with Gasteiger partial charge in [-0.05, 0) is 36.2 Å².